The van der Waals surface area contributed by atoms with Gasteiger partial charge in [0, 0.05) is 18.6 Å². The highest BCUT2D eigenvalue weighted by molar-refractivity contribution is 5.10. The Hall–Kier alpha value is -0.860. The molecule has 17 heavy (non-hydrogen) atoms. The molecule has 1 rings (SSSR count). The minimum Gasteiger partial charge on any atom is -0.395 e. The van der Waals surface area contributed by atoms with Crippen LogP contribution in [0.15, 0.2) is 36.5 Å². The highest BCUT2D eigenvalue weighted by Gasteiger charge is 2.26. The molecule has 0 amide bonds. The standard InChI is InChI=1S/C15H25NO/c1-12(2)10-14-6-5-7-15(11-13(3)4)16(14)8-9-17/h5-6,14-15,17H,1,3,7-11H2,2,4H3/t14-,15+/m1/s1. The van der Waals surface area contributed by atoms with Crippen molar-refractivity contribution in [2.24, 2.45) is 0 Å². The van der Waals surface area contributed by atoms with Crippen LogP contribution in [0.3, 0.4) is 0 Å². The zero-order chi connectivity index (χ0) is 12.8. The van der Waals surface area contributed by atoms with E-state index in [1.807, 2.05) is 0 Å². The summed E-state index contributed by atoms with van der Waals surface area (Å²) in [5, 5.41) is 9.21. The van der Waals surface area contributed by atoms with Crippen molar-refractivity contribution in [2.75, 3.05) is 13.2 Å². The second kappa shape index (κ2) is 6.77. The second-order valence-electron chi connectivity index (χ2n) is 5.17. The lowest BCUT2D eigenvalue weighted by molar-refractivity contribution is 0.114. The Labute approximate surface area is 105 Å². The molecule has 2 nitrogen and oxygen atoms in total. The molecule has 2 heteroatoms. The molecule has 0 aromatic carbocycles. The zero-order valence-corrected chi connectivity index (χ0v) is 11.2. The van der Waals surface area contributed by atoms with E-state index in [0.717, 1.165) is 25.8 Å². The fraction of sp³-hybridized carbons (Fsp3) is 0.600. The molecule has 0 fully saturated rings. The molecule has 0 aliphatic carbocycles. The predicted octanol–water partition coefficient (Wildman–Crippen LogP) is 2.91. The van der Waals surface area contributed by atoms with Gasteiger partial charge in [0.15, 0.2) is 0 Å². The first-order valence-electron chi connectivity index (χ1n) is 6.36. The number of nitrogens with zero attached hydrogens (tertiary/aromatic N) is 1. The molecule has 1 aliphatic rings. The Morgan fingerprint density at radius 2 is 1.94 bits per heavy atom. The van der Waals surface area contributed by atoms with Crippen LogP contribution in [0.4, 0.5) is 0 Å². The summed E-state index contributed by atoms with van der Waals surface area (Å²) >= 11 is 0. The third-order valence-corrected chi connectivity index (χ3v) is 3.16. The fourth-order valence-electron chi connectivity index (χ4n) is 2.52. The van der Waals surface area contributed by atoms with Gasteiger partial charge in [-0.1, -0.05) is 23.3 Å². The molecular weight excluding hydrogens is 210 g/mol. The van der Waals surface area contributed by atoms with Gasteiger partial charge in [0.25, 0.3) is 0 Å². The quantitative estimate of drug-likeness (QED) is 0.716. The van der Waals surface area contributed by atoms with E-state index >= 15 is 0 Å². The van der Waals surface area contributed by atoms with Gasteiger partial charge in [0.1, 0.15) is 0 Å². The first-order valence-corrected chi connectivity index (χ1v) is 6.36. The van der Waals surface area contributed by atoms with E-state index in [9.17, 15) is 5.11 Å². The third-order valence-electron chi connectivity index (χ3n) is 3.16. The van der Waals surface area contributed by atoms with Crippen molar-refractivity contribution in [3.63, 3.8) is 0 Å². The summed E-state index contributed by atoms with van der Waals surface area (Å²) in [6, 6.07) is 0.867. The molecule has 1 aliphatic heterocycles. The van der Waals surface area contributed by atoms with E-state index < -0.39 is 0 Å². The first kappa shape index (κ1) is 14.2. The highest BCUT2D eigenvalue weighted by atomic mass is 16.3. The summed E-state index contributed by atoms with van der Waals surface area (Å²) in [6.45, 7) is 13.1. The molecular formula is C15H25NO. The Kier molecular flexibility index (Phi) is 5.66. The number of aliphatic hydroxyl groups excluding tert-OH is 1. The molecule has 0 aromatic rings. The van der Waals surface area contributed by atoms with Crippen LogP contribution >= 0.6 is 0 Å². The number of rotatable bonds is 6. The molecule has 1 heterocycles. The molecule has 0 bridgehead atoms. The molecule has 0 spiro atoms. The van der Waals surface area contributed by atoms with E-state index in [-0.39, 0.29) is 6.61 Å². The smallest absolute Gasteiger partial charge is 0.0558 e. The van der Waals surface area contributed by atoms with Crippen LogP contribution < -0.4 is 0 Å². The Morgan fingerprint density at radius 1 is 1.29 bits per heavy atom. The molecule has 2 atom stereocenters. The average Bonchev–Trinajstić information content (AvgIpc) is 2.21. The summed E-state index contributed by atoms with van der Waals surface area (Å²) in [5.74, 6) is 0. The summed E-state index contributed by atoms with van der Waals surface area (Å²) in [4.78, 5) is 2.39. The van der Waals surface area contributed by atoms with Gasteiger partial charge in [0.2, 0.25) is 0 Å². The average molecular weight is 235 g/mol. The van der Waals surface area contributed by atoms with Crippen LogP contribution in [0, 0.1) is 0 Å². The van der Waals surface area contributed by atoms with Crippen molar-refractivity contribution in [3.8, 4) is 0 Å². The highest BCUT2D eigenvalue weighted by Crippen LogP contribution is 2.25. The van der Waals surface area contributed by atoms with Crippen molar-refractivity contribution < 1.29 is 5.11 Å². The molecule has 96 valence electrons. The molecule has 0 aromatic heterocycles. The zero-order valence-electron chi connectivity index (χ0n) is 11.2. The molecule has 0 radical (unpaired) electrons. The van der Waals surface area contributed by atoms with Crippen LogP contribution in [0.25, 0.3) is 0 Å². The molecule has 1 N–H and O–H groups in total. The van der Waals surface area contributed by atoms with Crippen molar-refractivity contribution in [1.29, 1.82) is 0 Å². The maximum absolute atomic E-state index is 9.21. The third kappa shape index (κ3) is 4.49. The van der Waals surface area contributed by atoms with Crippen LogP contribution in [0.5, 0.6) is 0 Å². The van der Waals surface area contributed by atoms with Gasteiger partial charge in [-0.05, 0) is 33.1 Å². The summed E-state index contributed by atoms with van der Waals surface area (Å²) in [7, 11) is 0. The normalized spacial score (nSPS) is 24.9. The van der Waals surface area contributed by atoms with Crippen molar-refractivity contribution in [2.45, 2.75) is 45.2 Å². The lowest BCUT2D eigenvalue weighted by Gasteiger charge is -2.39. The van der Waals surface area contributed by atoms with E-state index in [0.29, 0.717) is 12.1 Å². The maximum Gasteiger partial charge on any atom is 0.0558 e. The van der Waals surface area contributed by atoms with E-state index in [4.69, 9.17) is 0 Å². The van der Waals surface area contributed by atoms with Crippen LogP contribution in [-0.4, -0.2) is 35.2 Å². The van der Waals surface area contributed by atoms with Gasteiger partial charge in [-0.2, -0.15) is 0 Å². The van der Waals surface area contributed by atoms with E-state index in [1.54, 1.807) is 0 Å². The topological polar surface area (TPSA) is 23.5 Å². The number of β-amino-alcohol motifs (C(OH)–C–C–N with tert-alkyl or cyclic N) is 1. The van der Waals surface area contributed by atoms with E-state index in [2.05, 4.69) is 44.1 Å². The summed E-state index contributed by atoms with van der Waals surface area (Å²) < 4.78 is 0. The first-order chi connectivity index (χ1) is 8.04. The van der Waals surface area contributed by atoms with Crippen molar-refractivity contribution in [1.82, 2.24) is 4.90 Å². The second-order valence-corrected chi connectivity index (χ2v) is 5.17. The Balaban J connectivity index is 2.74. The van der Waals surface area contributed by atoms with Gasteiger partial charge >= 0.3 is 0 Å². The summed E-state index contributed by atoms with van der Waals surface area (Å²) in [5.41, 5.74) is 2.40. The van der Waals surface area contributed by atoms with Crippen LogP contribution in [-0.2, 0) is 0 Å². The minimum absolute atomic E-state index is 0.215. The van der Waals surface area contributed by atoms with Crippen LogP contribution in [0.1, 0.15) is 33.1 Å². The SMILES string of the molecule is C=C(C)C[C@@H]1CC=C[C@H](CC(=C)C)N1CCO. The van der Waals surface area contributed by atoms with Gasteiger partial charge in [-0.3, -0.25) is 4.90 Å². The Bertz CT molecular complexity index is 306. The predicted molar refractivity (Wildman–Crippen MR) is 74.0 cm³/mol. The minimum atomic E-state index is 0.215. The van der Waals surface area contributed by atoms with Gasteiger partial charge in [-0.15, -0.1) is 13.2 Å². The van der Waals surface area contributed by atoms with E-state index in [1.165, 1.54) is 11.1 Å². The Morgan fingerprint density at radius 3 is 2.47 bits per heavy atom. The number of hydrogen-bond acceptors (Lipinski definition) is 2. The van der Waals surface area contributed by atoms with Gasteiger partial charge in [0.05, 0.1) is 6.61 Å². The molecule has 0 saturated heterocycles. The van der Waals surface area contributed by atoms with Gasteiger partial charge < -0.3 is 5.11 Å². The lowest BCUT2D eigenvalue weighted by atomic mass is 9.94. The number of hydrogen-bond donors (Lipinski definition) is 1. The molecule has 0 unspecified atom stereocenters. The maximum atomic E-state index is 9.21. The van der Waals surface area contributed by atoms with Crippen LogP contribution in [0.2, 0.25) is 0 Å². The summed E-state index contributed by atoms with van der Waals surface area (Å²) in [6.07, 6.45) is 7.55. The molecule has 0 saturated carbocycles. The fourth-order valence-corrected chi connectivity index (χ4v) is 2.52. The van der Waals surface area contributed by atoms with Crippen molar-refractivity contribution in [3.05, 3.63) is 36.5 Å². The lowest BCUT2D eigenvalue weighted by Crippen LogP contribution is -2.46. The van der Waals surface area contributed by atoms with Crippen molar-refractivity contribution >= 4 is 0 Å². The monoisotopic (exact) mass is 235 g/mol. The number of aliphatic hydroxyl groups is 1. The largest absolute Gasteiger partial charge is 0.395 e. The van der Waals surface area contributed by atoms with Gasteiger partial charge in [-0.25, -0.2) is 0 Å².